The molecule has 4 aliphatic rings. The third-order valence-corrected chi connectivity index (χ3v) is 10.4. The van der Waals surface area contributed by atoms with E-state index in [1.165, 1.54) is 16.8 Å². The summed E-state index contributed by atoms with van der Waals surface area (Å²) in [6, 6.07) is 2.19. The number of aryl methyl sites for hydroxylation is 2. The van der Waals surface area contributed by atoms with Crippen LogP contribution in [-0.2, 0) is 23.3 Å². The van der Waals surface area contributed by atoms with Gasteiger partial charge in [-0.15, -0.1) is 11.3 Å². The molecule has 39 heavy (non-hydrogen) atoms. The quantitative estimate of drug-likeness (QED) is 0.517. The van der Waals surface area contributed by atoms with Crippen LogP contribution < -0.4 is 16.2 Å². The molecule has 1 spiro atoms. The molecule has 1 saturated carbocycles. The number of likely N-dealkylation sites (tertiary alicyclic amines) is 1. The standard InChI is InChI=1S/C28H33N7O3S/c1-15-11-19(27(38)35-22(15)24(36)32-28(35)8-4-9-28)31-23-21-18-6-5-16(12-20(18)39-25(21)30-14-29-23)26(37)34-10-7-17(13-34)33(2)3/h11,14,16-17H,4-10,12-13H2,1-3H3,(H,32,36)(H,29,30,31)/t16-,17-/m0/s1. The van der Waals surface area contributed by atoms with E-state index < -0.39 is 5.66 Å². The third-order valence-electron chi connectivity index (χ3n) is 9.21. The van der Waals surface area contributed by atoms with E-state index in [0.29, 0.717) is 29.7 Å². The highest BCUT2D eigenvalue weighted by atomic mass is 32.1. The number of hydrogen-bond donors (Lipinski definition) is 2. The average Bonchev–Trinajstić information content (AvgIpc) is 3.60. The number of anilines is 2. The third kappa shape index (κ3) is 3.73. The normalized spacial score (nSPS) is 23.2. The Morgan fingerprint density at radius 2 is 2.05 bits per heavy atom. The van der Waals surface area contributed by atoms with E-state index in [1.54, 1.807) is 22.0 Å². The van der Waals surface area contributed by atoms with E-state index in [-0.39, 0.29) is 23.3 Å². The highest BCUT2D eigenvalue weighted by Gasteiger charge is 2.48. The SMILES string of the molecule is Cc1cc(Nc2ncnc3sc4c(c23)CC[C@H](C(=O)N2CC[C@H](N(C)C)C2)C4)c(=O)n2c1C(=O)NC21CCC1. The molecule has 0 radical (unpaired) electrons. The van der Waals surface area contributed by atoms with Gasteiger partial charge in [-0.05, 0) is 83.2 Å². The van der Waals surface area contributed by atoms with Crippen LogP contribution in [0.15, 0.2) is 17.2 Å². The Labute approximate surface area is 230 Å². The zero-order valence-electron chi connectivity index (χ0n) is 22.5. The predicted molar refractivity (Wildman–Crippen MR) is 150 cm³/mol. The van der Waals surface area contributed by atoms with Gasteiger partial charge in [0.1, 0.15) is 34.0 Å². The van der Waals surface area contributed by atoms with Crippen molar-refractivity contribution in [3.05, 3.63) is 44.4 Å². The van der Waals surface area contributed by atoms with Crippen molar-refractivity contribution in [3.8, 4) is 0 Å². The van der Waals surface area contributed by atoms with Gasteiger partial charge in [0, 0.05) is 29.9 Å². The summed E-state index contributed by atoms with van der Waals surface area (Å²) in [5.41, 5.74) is 1.99. The van der Waals surface area contributed by atoms with Gasteiger partial charge < -0.3 is 20.4 Å². The minimum atomic E-state index is -0.599. The van der Waals surface area contributed by atoms with E-state index in [4.69, 9.17) is 0 Å². The molecule has 2 atom stereocenters. The maximum absolute atomic E-state index is 13.7. The van der Waals surface area contributed by atoms with E-state index in [2.05, 4.69) is 39.6 Å². The zero-order chi connectivity index (χ0) is 27.1. The minimum Gasteiger partial charge on any atom is -0.341 e. The summed E-state index contributed by atoms with van der Waals surface area (Å²) in [7, 11) is 4.16. The van der Waals surface area contributed by atoms with Crippen molar-refractivity contribution in [2.24, 2.45) is 5.92 Å². The largest absolute Gasteiger partial charge is 0.341 e. The zero-order valence-corrected chi connectivity index (χ0v) is 23.4. The number of aromatic nitrogens is 3. The molecule has 0 bridgehead atoms. The number of pyridine rings is 1. The minimum absolute atomic E-state index is 0.0106. The molecule has 2 fully saturated rings. The van der Waals surface area contributed by atoms with Gasteiger partial charge >= 0.3 is 0 Å². The first-order valence-electron chi connectivity index (χ1n) is 13.8. The van der Waals surface area contributed by atoms with Crippen LogP contribution in [0, 0.1) is 12.8 Å². The Kier molecular flexibility index (Phi) is 5.61. The topological polar surface area (TPSA) is 112 Å². The molecular formula is C28H33N7O3S. The van der Waals surface area contributed by atoms with Gasteiger partial charge in [0.25, 0.3) is 11.5 Å². The van der Waals surface area contributed by atoms with Crippen molar-refractivity contribution in [1.29, 1.82) is 0 Å². The molecule has 10 nitrogen and oxygen atoms in total. The fourth-order valence-corrected chi connectivity index (χ4v) is 8.14. The molecule has 2 amide bonds. The summed E-state index contributed by atoms with van der Waals surface area (Å²) < 4.78 is 1.66. The molecule has 1 saturated heterocycles. The second kappa shape index (κ2) is 8.85. The molecule has 5 heterocycles. The number of carbonyl (C=O) groups is 2. The smallest absolute Gasteiger partial charge is 0.276 e. The Balaban J connectivity index is 1.19. The number of likely N-dealkylation sites (N-methyl/N-ethyl adjacent to an activating group) is 1. The molecule has 2 aliphatic heterocycles. The van der Waals surface area contributed by atoms with E-state index >= 15 is 0 Å². The fraction of sp³-hybridized carbons (Fsp3) is 0.536. The molecule has 0 unspecified atom stereocenters. The summed E-state index contributed by atoms with van der Waals surface area (Å²) in [4.78, 5) is 55.1. The molecule has 2 aliphatic carbocycles. The lowest BCUT2D eigenvalue weighted by Gasteiger charge is -2.39. The molecule has 204 valence electrons. The molecular weight excluding hydrogens is 514 g/mol. The maximum Gasteiger partial charge on any atom is 0.276 e. The highest BCUT2D eigenvalue weighted by molar-refractivity contribution is 7.19. The van der Waals surface area contributed by atoms with E-state index in [0.717, 1.165) is 67.4 Å². The summed E-state index contributed by atoms with van der Waals surface area (Å²) in [6.07, 6.45) is 7.35. The van der Waals surface area contributed by atoms with Crippen LogP contribution in [0.4, 0.5) is 11.5 Å². The number of nitrogens with zero attached hydrogens (tertiary/aromatic N) is 5. The van der Waals surface area contributed by atoms with Crippen LogP contribution in [0.3, 0.4) is 0 Å². The van der Waals surface area contributed by atoms with E-state index in [1.807, 2.05) is 11.8 Å². The molecule has 3 aromatic heterocycles. The maximum atomic E-state index is 13.7. The lowest BCUT2D eigenvalue weighted by atomic mass is 9.85. The van der Waals surface area contributed by atoms with Gasteiger partial charge in [-0.2, -0.15) is 0 Å². The monoisotopic (exact) mass is 547 g/mol. The average molecular weight is 548 g/mol. The fourth-order valence-electron chi connectivity index (χ4n) is 6.88. The number of rotatable bonds is 4. The Morgan fingerprint density at radius 3 is 2.77 bits per heavy atom. The number of fused-ring (bicyclic) bond motifs is 5. The summed E-state index contributed by atoms with van der Waals surface area (Å²) in [5, 5.41) is 7.31. The Morgan fingerprint density at radius 1 is 1.23 bits per heavy atom. The molecule has 2 N–H and O–H groups in total. The van der Waals surface area contributed by atoms with Gasteiger partial charge in [-0.1, -0.05) is 0 Å². The van der Waals surface area contributed by atoms with Crippen LogP contribution in [0.1, 0.15) is 58.6 Å². The summed E-state index contributed by atoms with van der Waals surface area (Å²) >= 11 is 1.63. The van der Waals surface area contributed by atoms with Crippen LogP contribution in [0.5, 0.6) is 0 Å². The van der Waals surface area contributed by atoms with Gasteiger partial charge in [0.15, 0.2) is 0 Å². The second-order valence-electron chi connectivity index (χ2n) is 11.7. The highest BCUT2D eigenvalue weighted by Crippen LogP contribution is 2.43. The Hall–Kier alpha value is -3.31. The van der Waals surface area contributed by atoms with Crippen molar-refractivity contribution in [1.82, 2.24) is 29.7 Å². The van der Waals surface area contributed by atoms with Crippen LogP contribution in [0.25, 0.3) is 10.2 Å². The number of nitrogens with one attached hydrogen (secondary N) is 2. The predicted octanol–water partition coefficient (Wildman–Crippen LogP) is 2.75. The first kappa shape index (κ1) is 24.7. The Bertz CT molecular complexity index is 1590. The summed E-state index contributed by atoms with van der Waals surface area (Å²) in [5.74, 6) is 0.681. The molecule has 7 rings (SSSR count). The van der Waals surface area contributed by atoms with Gasteiger partial charge in [0.05, 0.1) is 5.39 Å². The van der Waals surface area contributed by atoms with Crippen LogP contribution in [0.2, 0.25) is 0 Å². The second-order valence-corrected chi connectivity index (χ2v) is 12.8. The number of amides is 2. The lowest BCUT2D eigenvalue weighted by Crippen LogP contribution is -2.52. The first-order chi connectivity index (χ1) is 18.8. The first-order valence-corrected chi connectivity index (χ1v) is 14.6. The number of hydrogen-bond acceptors (Lipinski definition) is 8. The van der Waals surface area contributed by atoms with Crippen molar-refractivity contribution >= 4 is 44.9 Å². The van der Waals surface area contributed by atoms with Gasteiger partial charge in [-0.3, -0.25) is 19.0 Å². The molecule has 11 heteroatoms. The lowest BCUT2D eigenvalue weighted by molar-refractivity contribution is -0.134. The van der Waals surface area contributed by atoms with Crippen LogP contribution in [-0.4, -0.2) is 69.4 Å². The van der Waals surface area contributed by atoms with E-state index in [9.17, 15) is 14.4 Å². The summed E-state index contributed by atoms with van der Waals surface area (Å²) in [6.45, 7) is 3.50. The van der Waals surface area contributed by atoms with Crippen molar-refractivity contribution in [2.45, 2.75) is 63.6 Å². The number of thiophene rings is 1. The van der Waals surface area contributed by atoms with Crippen molar-refractivity contribution < 1.29 is 9.59 Å². The van der Waals surface area contributed by atoms with Gasteiger partial charge in [-0.25, -0.2) is 9.97 Å². The van der Waals surface area contributed by atoms with Crippen LogP contribution >= 0.6 is 11.3 Å². The van der Waals surface area contributed by atoms with Crippen molar-refractivity contribution in [2.75, 3.05) is 32.5 Å². The van der Waals surface area contributed by atoms with Crippen molar-refractivity contribution in [3.63, 3.8) is 0 Å². The van der Waals surface area contributed by atoms with Gasteiger partial charge in [0.2, 0.25) is 5.91 Å². The molecule has 0 aromatic carbocycles. The number of carbonyl (C=O) groups excluding carboxylic acids is 2. The molecule has 3 aromatic rings.